The molecule has 0 saturated carbocycles. The summed E-state index contributed by atoms with van der Waals surface area (Å²) in [5, 5.41) is 12.4. The molecule has 0 saturated heterocycles. The Balaban J connectivity index is 2.51. The highest BCUT2D eigenvalue weighted by atomic mass is 16.5. The molecule has 0 aliphatic carbocycles. The first-order valence-corrected chi connectivity index (χ1v) is 5.21. The van der Waals surface area contributed by atoms with Crippen molar-refractivity contribution < 1.29 is 14.4 Å². The average molecular weight is 232 g/mol. The second-order valence-corrected chi connectivity index (χ2v) is 3.63. The molecule has 1 heterocycles. The summed E-state index contributed by atoms with van der Waals surface area (Å²) in [6.45, 7) is 2.05. The summed E-state index contributed by atoms with van der Waals surface area (Å²) in [4.78, 5) is 11.0. The van der Waals surface area contributed by atoms with Gasteiger partial charge in [0.25, 0.3) is 0 Å². The van der Waals surface area contributed by atoms with E-state index in [4.69, 9.17) is 15.4 Å². The minimum atomic E-state index is -1.15. The number of carbonyl (C=O) groups is 1. The van der Waals surface area contributed by atoms with Gasteiger partial charge >= 0.3 is 5.97 Å². The predicted octanol–water partition coefficient (Wildman–Crippen LogP) is 2.18. The number of nitrogens with two attached hydrogens (primary N) is 1. The van der Waals surface area contributed by atoms with Gasteiger partial charge in [0.1, 0.15) is 0 Å². The molecule has 5 heteroatoms. The minimum Gasteiger partial charge on any atom is -0.476 e. The molecule has 17 heavy (non-hydrogen) atoms. The van der Waals surface area contributed by atoms with Gasteiger partial charge in [-0.25, -0.2) is 4.79 Å². The zero-order chi connectivity index (χ0) is 12.4. The van der Waals surface area contributed by atoms with Crippen LogP contribution in [0.25, 0.3) is 11.1 Å². The summed E-state index contributed by atoms with van der Waals surface area (Å²) in [7, 11) is 0. The monoisotopic (exact) mass is 232 g/mol. The molecular formula is C12H12N2O3. The molecule has 2 rings (SSSR count). The number of carboxylic acid groups (broad SMARTS) is 1. The number of nitrogen functional groups attached to an aromatic ring is 1. The van der Waals surface area contributed by atoms with Gasteiger partial charge in [0.15, 0.2) is 0 Å². The van der Waals surface area contributed by atoms with Crippen molar-refractivity contribution in [1.82, 2.24) is 5.16 Å². The highest BCUT2D eigenvalue weighted by Gasteiger charge is 2.20. The normalized spacial score (nSPS) is 10.4. The van der Waals surface area contributed by atoms with Crippen LogP contribution in [-0.2, 0) is 6.42 Å². The van der Waals surface area contributed by atoms with E-state index in [1.807, 2.05) is 31.2 Å². The van der Waals surface area contributed by atoms with E-state index < -0.39 is 5.97 Å². The van der Waals surface area contributed by atoms with Gasteiger partial charge in [-0.3, -0.25) is 0 Å². The zero-order valence-corrected chi connectivity index (χ0v) is 9.30. The Labute approximate surface area is 97.8 Å². The molecule has 0 atom stereocenters. The topological polar surface area (TPSA) is 89.3 Å². The molecule has 1 aromatic heterocycles. The molecule has 3 N–H and O–H groups in total. The molecular weight excluding hydrogens is 220 g/mol. The van der Waals surface area contributed by atoms with E-state index in [0.29, 0.717) is 11.1 Å². The maximum Gasteiger partial charge on any atom is 0.358 e. The fourth-order valence-corrected chi connectivity index (χ4v) is 1.63. The van der Waals surface area contributed by atoms with Crippen LogP contribution in [0.3, 0.4) is 0 Å². The fraction of sp³-hybridized carbons (Fsp3) is 0.167. The van der Waals surface area contributed by atoms with E-state index >= 15 is 0 Å². The smallest absolute Gasteiger partial charge is 0.358 e. The highest BCUT2D eigenvalue weighted by Crippen LogP contribution is 2.29. The first-order chi connectivity index (χ1) is 8.13. The van der Waals surface area contributed by atoms with Crippen LogP contribution < -0.4 is 5.73 Å². The summed E-state index contributed by atoms with van der Waals surface area (Å²) in [5.41, 5.74) is 7.62. The van der Waals surface area contributed by atoms with E-state index in [1.165, 1.54) is 5.56 Å². The van der Waals surface area contributed by atoms with Crippen LogP contribution in [0.2, 0.25) is 0 Å². The van der Waals surface area contributed by atoms with Crippen LogP contribution in [0.4, 0.5) is 5.88 Å². The fourth-order valence-electron chi connectivity index (χ4n) is 1.63. The number of aromatic carboxylic acids is 1. The summed E-state index contributed by atoms with van der Waals surface area (Å²) < 4.78 is 4.71. The molecule has 5 nitrogen and oxygen atoms in total. The molecule has 0 radical (unpaired) electrons. The van der Waals surface area contributed by atoms with E-state index in [1.54, 1.807) is 0 Å². The predicted molar refractivity (Wildman–Crippen MR) is 62.7 cm³/mol. The van der Waals surface area contributed by atoms with Gasteiger partial charge in [0, 0.05) is 0 Å². The molecule has 0 bridgehead atoms. The molecule has 0 aliphatic rings. The number of aryl methyl sites for hydroxylation is 1. The molecule has 88 valence electrons. The summed E-state index contributed by atoms with van der Waals surface area (Å²) in [6.07, 6.45) is 0.922. The van der Waals surface area contributed by atoms with E-state index in [9.17, 15) is 4.79 Å². The number of carboxylic acids is 1. The molecule has 0 fully saturated rings. The number of rotatable bonds is 3. The SMILES string of the molecule is CCc1ccc(-c2c(C(=O)O)noc2N)cc1. The van der Waals surface area contributed by atoms with Crippen molar-refractivity contribution in [1.29, 1.82) is 0 Å². The molecule has 0 unspecified atom stereocenters. The lowest BCUT2D eigenvalue weighted by Gasteiger charge is -2.01. The Morgan fingerprint density at radius 1 is 1.41 bits per heavy atom. The first-order valence-electron chi connectivity index (χ1n) is 5.21. The van der Waals surface area contributed by atoms with Gasteiger partial charge in [0.05, 0.1) is 5.56 Å². The van der Waals surface area contributed by atoms with Gasteiger partial charge in [0.2, 0.25) is 11.6 Å². The van der Waals surface area contributed by atoms with Crippen molar-refractivity contribution in [2.75, 3.05) is 5.73 Å². The second kappa shape index (κ2) is 4.29. The first kappa shape index (κ1) is 11.2. The van der Waals surface area contributed by atoms with Crippen LogP contribution in [0.1, 0.15) is 23.0 Å². The number of hydrogen-bond donors (Lipinski definition) is 2. The van der Waals surface area contributed by atoms with Crippen LogP contribution >= 0.6 is 0 Å². The molecule has 1 aromatic carbocycles. The molecule has 2 aromatic rings. The molecule has 0 amide bonds. The zero-order valence-electron chi connectivity index (χ0n) is 9.30. The third-order valence-electron chi connectivity index (χ3n) is 2.57. The van der Waals surface area contributed by atoms with Crippen LogP contribution in [0.5, 0.6) is 0 Å². The number of benzene rings is 1. The van der Waals surface area contributed by atoms with Crippen molar-refractivity contribution in [3.63, 3.8) is 0 Å². The second-order valence-electron chi connectivity index (χ2n) is 3.63. The van der Waals surface area contributed by atoms with E-state index in [-0.39, 0.29) is 11.6 Å². The van der Waals surface area contributed by atoms with E-state index in [0.717, 1.165) is 6.42 Å². The Morgan fingerprint density at radius 3 is 2.59 bits per heavy atom. The van der Waals surface area contributed by atoms with Gasteiger partial charge < -0.3 is 15.4 Å². The Bertz CT molecular complexity index is 543. The standard InChI is InChI=1S/C12H12N2O3/c1-2-7-3-5-8(6-4-7)9-10(12(15)16)14-17-11(9)13/h3-6H,2,13H2,1H3,(H,15,16). The number of aromatic nitrogens is 1. The Morgan fingerprint density at radius 2 is 2.06 bits per heavy atom. The van der Waals surface area contributed by atoms with Crippen molar-refractivity contribution in [2.24, 2.45) is 0 Å². The minimum absolute atomic E-state index is 0.0200. The summed E-state index contributed by atoms with van der Waals surface area (Å²) in [6, 6.07) is 7.48. The van der Waals surface area contributed by atoms with Gasteiger partial charge in [-0.15, -0.1) is 0 Å². The van der Waals surface area contributed by atoms with E-state index in [2.05, 4.69) is 5.16 Å². The summed E-state index contributed by atoms with van der Waals surface area (Å²) in [5.74, 6) is -1.13. The quantitative estimate of drug-likeness (QED) is 0.846. The van der Waals surface area contributed by atoms with Gasteiger partial charge in [-0.2, -0.15) is 0 Å². The molecule has 0 aliphatic heterocycles. The number of anilines is 1. The lowest BCUT2D eigenvalue weighted by molar-refractivity contribution is 0.0686. The van der Waals surface area contributed by atoms with Crippen LogP contribution in [-0.4, -0.2) is 16.2 Å². The maximum atomic E-state index is 11.0. The van der Waals surface area contributed by atoms with Crippen LogP contribution in [0, 0.1) is 0 Å². The lowest BCUT2D eigenvalue weighted by atomic mass is 10.0. The third-order valence-corrected chi connectivity index (χ3v) is 2.57. The lowest BCUT2D eigenvalue weighted by Crippen LogP contribution is -1.99. The summed E-state index contributed by atoms with van der Waals surface area (Å²) >= 11 is 0. The third kappa shape index (κ3) is 1.99. The highest BCUT2D eigenvalue weighted by molar-refractivity contribution is 5.96. The van der Waals surface area contributed by atoms with Crippen LogP contribution in [0.15, 0.2) is 28.8 Å². The van der Waals surface area contributed by atoms with Gasteiger partial charge in [-0.05, 0) is 17.5 Å². The average Bonchev–Trinajstić information content (AvgIpc) is 2.71. The van der Waals surface area contributed by atoms with Crippen molar-refractivity contribution in [3.05, 3.63) is 35.5 Å². The van der Waals surface area contributed by atoms with Crippen molar-refractivity contribution in [2.45, 2.75) is 13.3 Å². The Kier molecular flexibility index (Phi) is 2.82. The maximum absolute atomic E-state index is 11.0. The van der Waals surface area contributed by atoms with Crippen molar-refractivity contribution in [3.8, 4) is 11.1 Å². The molecule has 0 spiro atoms. The van der Waals surface area contributed by atoms with Gasteiger partial charge in [-0.1, -0.05) is 36.3 Å². The Hall–Kier alpha value is -2.30. The van der Waals surface area contributed by atoms with Crippen molar-refractivity contribution >= 4 is 11.9 Å². The number of hydrogen-bond acceptors (Lipinski definition) is 4. The number of nitrogens with zero attached hydrogens (tertiary/aromatic N) is 1. The largest absolute Gasteiger partial charge is 0.476 e.